The third kappa shape index (κ3) is 3.58. The Hall–Kier alpha value is -2.82. The number of amides is 3. The number of rotatable bonds is 4. The summed E-state index contributed by atoms with van der Waals surface area (Å²) in [5.74, 6) is 0. The summed E-state index contributed by atoms with van der Waals surface area (Å²) >= 11 is 0. The highest BCUT2D eigenvalue weighted by molar-refractivity contribution is 5.93. The van der Waals surface area contributed by atoms with Crippen molar-refractivity contribution in [1.29, 1.82) is 0 Å². The number of urea groups is 1. The van der Waals surface area contributed by atoms with Gasteiger partial charge in [-0.3, -0.25) is 4.79 Å². The predicted molar refractivity (Wildman–Crippen MR) is 78.3 cm³/mol. The number of nitrogens with one attached hydrogen (secondary N) is 2. The van der Waals surface area contributed by atoms with Crippen LogP contribution in [0, 0.1) is 6.92 Å². The highest BCUT2D eigenvalue weighted by Crippen LogP contribution is 2.10. The molecule has 5 heteroatoms. The molecule has 2 N–H and O–H groups in total. The number of hydrogen-bond acceptors (Lipinski definition) is 2. The number of carbonyl (C=O) groups is 2. The summed E-state index contributed by atoms with van der Waals surface area (Å²) in [6.07, 6.45) is 0.546. The fourth-order valence-electron chi connectivity index (χ4n) is 1.65. The maximum absolute atomic E-state index is 11.8. The predicted octanol–water partition coefficient (Wildman–Crippen LogP) is 2.69. The van der Waals surface area contributed by atoms with Crippen LogP contribution >= 0.6 is 0 Å². The van der Waals surface area contributed by atoms with Crippen molar-refractivity contribution >= 4 is 23.8 Å². The summed E-state index contributed by atoms with van der Waals surface area (Å²) in [7, 11) is 0. The molecule has 0 bridgehead atoms. The van der Waals surface area contributed by atoms with E-state index in [1.54, 1.807) is 36.4 Å². The number of nitrogens with zero attached hydrogens (tertiary/aromatic N) is 1. The van der Waals surface area contributed by atoms with Gasteiger partial charge in [0.25, 0.3) is 0 Å². The molecule has 0 aromatic heterocycles. The van der Waals surface area contributed by atoms with Gasteiger partial charge >= 0.3 is 6.03 Å². The average Bonchev–Trinajstić information content (AvgIpc) is 2.48. The van der Waals surface area contributed by atoms with Crippen LogP contribution in [0.5, 0.6) is 0 Å². The zero-order valence-corrected chi connectivity index (χ0v) is 11.0. The third-order valence-electron chi connectivity index (χ3n) is 2.67. The summed E-state index contributed by atoms with van der Waals surface area (Å²) in [4.78, 5) is 22.8. The lowest BCUT2D eigenvalue weighted by Crippen LogP contribution is -2.43. The van der Waals surface area contributed by atoms with Crippen LogP contribution in [0.25, 0.3) is 0 Å². The van der Waals surface area contributed by atoms with E-state index < -0.39 is 6.03 Å². The van der Waals surface area contributed by atoms with E-state index in [2.05, 4.69) is 10.7 Å². The minimum absolute atomic E-state index is 0.482. The standard InChI is InChI=1S/C15H15N3O2/c1-12-7-9-13(10-8-12)16-15(20)17-18(11-19)14-5-3-2-4-6-14/h2-11H,1H3,(H2,16,17,20). The molecule has 3 amide bonds. The van der Waals surface area contributed by atoms with Gasteiger partial charge in [0.15, 0.2) is 0 Å². The van der Waals surface area contributed by atoms with Crippen molar-refractivity contribution in [2.45, 2.75) is 6.92 Å². The van der Waals surface area contributed by atoms with E-state index in [0.29, 0.717) is 17.8 Å². The second-order valence-corrected chi connectivity index (χ2v) is 4.24. The first-order valence-corrected chi connectivity index (χ1v) is 6.13. The topological polar surface area (TPSA) is 61.4 Å². The van der Waals surface area contributed by atoms with Crippen molar-refractivity contribution in [3.8, 4) is 0 Å². The van der Waals surface area contributed by atoms with Crippen molar-refractivity contribution in [2.75, 3.05) is 10.3 Å². The number of hydrazine groups is 1. The minimum atomic E-state index is -0.482. The lowest BCUT2D eigenvalue weighted by Gasteiger charge is -2.18. The molecule has 2 aromatic rings. The molecule has 0 atom stereocenters. The monoisotopic (exact) mass is 269 g/mol. The number of hydrogen-bond donors (Lipinski definition) is 2. The second-order valence-electron chi connectivity index (χ2n) is 4.24. The van der Waals surface area contributed by atoms with E-state index in [1.807, 2.05) is 25.1 Å². The Balaban J connectivity index is 1.99. The molecule has 0 radical (unpaired) electrons. The van der Waals surface area contributed by atoms with Crippen LogP contribution in [0.15, 0.2) is 54.6 Å². The lowest BCUT2D eigenvalue weighted by atomic mass is 10.2. The molecule has 102 valence electrons. The lowest BCUT2D eigenvalue weighted by molar-refractivity contribution is -0.107. The first kappa shape index (κ1) is 13.6. The maximum atomic E-state index is 11.8. The Bertz CT molecular complexity index is 582. The van der Waals surface area contributed by atoms with Gasteiger partial charge in [0.05, 0.1) is 5.69 Å². The molecule has 0 spiro atoms. The number of anilines is 2. The van der Waals surface area contributed by atoms with E-state index in [4.69, 9.17) is 0 Å². The van der Waals surface area contributed by atoms with Gasteiger partial charge in [-0.1, -0.05) is 35.9 Å². The Kier molecular flexibility index (Phi) is 4.34. The van der Waals surface area contributed by atoms with Crippen LogP contribution in [0.2, 0.25) is 0 Å². The highest BCUT2D eigenvalue weighted by Gasteiger charge is 2.08. The van der Waals surface area contributed by atoms with Crippen LogP contribution in [0.4, 0.5) is 16.2 Å². The number of para-hydroxylation sites is 1. The Morgan fingerprint density at radius 1 is 1.05 bits per heavy atom. The minimum Gasteiger partial charge on any atom is -0.307 e. The van der Waals surface area contributed by atoms with Crippen molar-refractivity contribution in [1.82, 2.24) is 5.43 Å². The Morgan fingerprint density at radius 3 is 2.30 bits per heavy atom. The van der Waals surface area contributed by atoms with E-state index in [-0.39, 0.29) is 0 Å². The summed E-state index contributed by atoms with van der Waals surface area (Å²) in [6, 6.07) is 15.7. The summed E-state index contributed by atoms with van der Waals surface area (Å²) in [6.45, 7) is 1.97. The van der Waals surface area contributed by atoms with E-state index in [0.717, 1.165) is 10.6 Å². The molecule has 2 rings (SSSR count). The van der Waals surface area contributed by atoms with Gasteiger partial charge in [0.2, 0.25) is 6.41 Å². The van der Waals surface area contributed by atoms with Crippen LogP contribution in [-0.4, -0.2) is 12.4 Å². The molecular weight excluding hydrogens is 254 g/mol. The van der Waals surface area contributed by atoms with Crippen molar-refractivity contribution in [2.24, 2.45) is 0 Å². The molecule has 0 fully saturated rings. The molecule has 20 heavy (non-hydrogen) atoms. The quantitative estimate of drug-likeness (QED) is 0.662. The molecule has 0 aliphatic heterocycles. The first-order chi connectivity index (χ1) is 9.69. The van der Waals surface area contributed by atoms with Crippen molar-refractivity contribution < 1.29 is 9.59 Å². The SMILES string of the molecule is Cc1ccc(NC(=O)NN(C=O)c2ccccc2)cc1. The van der Waals surface area contributed by atoms with Gasteiger partial charge in [-0.25, -0.2) is 15.2 Å². The van der Waals surface area contributed by atoms with E-state index >= 15 is 0 Å². The molecule has 0 saturated heterocycles. The Morgan fingerprint density at radius 2 is 1.70 bits per heavy atom. The molecule has 5 nitrogen and oxygen atoms in total. The van der Waals surface area contributed by atoms with Gasteiger partial charge in [-0.05, 0) is 31.2 Å². The Labute approximate surface area is 117 Å². The molecule has 0 aliphatic rings. The molecule has 0 aliphatic carbocycles. The van der Waals surface area contributed by atoms with Gasteiger partial charge < -0.3 is 5.32 Å². The third-order valence-corrected chi connectivity index (χ3v) is 2.67. The zero-order chi connectivity index (χ0) is 14.4. The zero-order valence-electron chi connectivity index (χ0n) is 11.0. The second kappa shape index (κ2) is 6.38. The van der Waals surface area contributed by atoms with Gasteiger partial charge in [-0.2, -0.15) is 0 Å². The smallest absolute Gasteiger partial charge is 0.307 e. The normalized spacial score (nSPS) is 9.65. The van der Waals surface area contributed by atoms with Crippen LogP contribution in [-0.2, 0) is 4.79 Å². The summed E-state index contributed by atoms with van der Waals surface area (Å²) in [5.41, 5.74) is 4.81. The van der Waals surface area contributed by atoms with Crippen molar-refractivity contribution in [3.63, 3.8) is 0 Å². The van der Waals surface area contributed by atoms with Gasteiger partial charge in [-0.15, -0.1) is 0 Å². The molecule has 0 unspecified atom stereocenters. The number of aryl methyl sites for hydroxylation is 1. The molecular formula is C15H15N3O2. The molecule has 0 heterocycles. The average molecular weight is 269 g/mol. The molecule has 0 saturated carbocycles. The number of benzene rings is 2. The first-order valence-electron chi connectivity index (χ1n) is 6.13. The van der Waals surface area contributed by atoms with Gasteiger partial charge in [0.1, 0.15) is 0 Å². The summed E-state index contributed by atoms with van der Waals surface area (Å²) < 4.78 is 0. The van der Waals surface area contributed by atoms with Crippen molar-refractivity contribution in [3.05, 3.63) is 60.2 Å². The fourth-order valence-corrected chi connectivity index (χ4v) is 1.65. The highest BCUT2D eigenvalue weighted by atomic mass is 16.2. The van der Waals surface area contributed by atoms with Gasteiger partial charge in [0, 0.05) is 5.69 Å². The van der Waals surface area contributed by atoms with Crippen LogP contribution < -0.4 is 15.8 Å². The number of carbonyl (C=O) groups excluding carboxylic acids is 2. The summed E-state index contributed by atoms with van der Waals surface area (Å²) in [5, 5.41) is 3.77. The van der Waals surface area contributed by atoms with Crippen LogP contribution in [0.3, 0.4) is 0 Å². The fraction of sp³-hybridized carbons (Fsp3) is 0.0667. The van der Waals surface area contributed by atoms with E-state index in [9.17, 15) is 9.59 Å². The van der Waals surface area contributed by atoms with Crippen LogP contribution in [0.1, 0.15) is 5.56 Å². The molecule has 2 aromatic carbocycles. The maximum Gasteiger partial charge on any atom is 0.338 e. The largest absolute Gasteiger partial charge is 0.338 e. The van der Waals surface area contributed by atoms with E-state index in [1.165, 1.54) is 0 Å².